The van der Waals surface area contributed by atoms with Crippen molar-refractivity contribution in [2.75, 3.05) is 38.5 Å². The van der Waals surface area contributed by atoms with Crippen molar-refractivity contribution in [3.63, 3.8) is 0 Å². The van der Waals surface area contributed by atoms with Crippen LogP contribution in [0.15, 0.2) is 29.2 Å². The first-order valence-electron chi connectivity index (χ1n) is 9.10. The van der Waals surface area contributed by atoms with E-state index in [9.17, 15) is 18.0 Å². The third kappa shape index (κ3) is 7.28. The fraction of sp³-hybridized carbons (Fsp3) is 0.556. The van der Waals surface area contributed by atoms with Gasteiger partial charge in [-0.15, -0.1) is 0 Å². The molecule has 1 atom stereocenters. The molecule has 1 unspecified atom stereocenters. The average molecular weight is 400 g/mol. The molecule has 2 amide bonds. The smallest absolute Gasteiger partial charge is 0.279 e. The highest BCUT2D eigenvalue weighted by Crippen LogP contribution is 2.18. The zero-order valence-corrected chi connectivity index (χ0v) is 17.5. The fourth-order valence-electron chi connectivity index (χ4n) is 2.61. The molecule has 0 aromatic heterocycles. The van der Waals surface area contributed by atoms with Gasteiger partial charge in [0.05, 0.1) is 11.9 Å². The van der Waals surface area contributed by atoms with Crippen LogP contribution in [0.2, 0.25) is 0 Å². The lowest BCUT2D eigenvalue weighted by atomic mass is 10.3. The molecule has 0 aliphatic rings. The van der Waals surface area contributed by atoms with E-state index >= 15 is 0 Å². The summed E-state index contributed by atoms with van der Waals surface area (Å²) in [5.74, 6) is -0.356. The van der Waals surface area contributed by atoms with Gasteiger partial charge in [-0.1, -0.05) is 13.8 Å². The van der Waals surface area contributed by atoms with Gasteiger partial charge in [-0.3, -0.25) is 9.59 Å². The molecule has 0 radical (unpaired) electrons. The van der Waals surface area contributed by atoms with Crippen molar-refractivity contribution < 1.29 is 22.9 Å². The molecule has 152 valence electrons. The van der Waals surface area contributed by atoms with Crippen molar-refractivity contribution in [3.8, 4) is 0 Å². The zero-order valence-electron chi connectivity index (χ0n) is 16.7. The lowest BCUT2D eigenvalue weighted by molar-refractivity contribution is -0.862. The largest absolute Gasteiger partial charge is 0.349 e. The number of hydrogen-bond acceptors (Lipinski definition) is 4. The second-order valence-corrected chi connectivity index (χ2v) is 8.63. The monoisotopic (exact) mass is 399 g/mol. The number of sulfonamides is 1. The van der Waals surface area contributed by atoms with Crippen LogP contribution in [0, 0.1) is 0 Å². The number of nitrogens with zero attached hydrogens (tertiary/aromatic N) is 1. The van der Waals surface area contributed by atoms with Crippen molar-refractivity contribution in [2.24, 2.45) is 0 Å². The molecule has 27 heavy (non-hydrogen) atoms. The number of anilines is 1. The first-order chi connectivity index (χ1) is 12.6. The average Bonchev–Trinajstić information content (AvgIpc) is 2.54. The molecule has 1 aromatic carbocycles. The highest BCUT2D eigenvalue weighted by atomic mass is 32.2. The van der Waals surface area contributed by atoms with Crippen LogP contribution in [0.5, 0.6) is 0 Å². The lowest BCUT2D eigenvalue weighted by Crippen LogP contribution is -3.11. The van der Waals surface area contributed by atoms with Crippen LogP contribution in [0.3, 0.4) is 0 Å². The Morgan fingerprint density at radius 3 is 2.04 bits per heavy atom. The standard InChI is InChI=1S/C18H30N4O4S/c1-6-22(7-2)27(25,26)16-10-8-15(9-11-16)20-18(24)13-21(5)12-17(23)19-14(3)4/h8-11,14H,6-7,12-13H2,1-5H3,(H,19,23)(H,20,24)/p+1. The van der Waals surface area contributed by atoms with Crippen molar-refractivity contribution in [1.29, 1.82) is 0 Å². The van der Waals surface area contributed by atoms with E-state index in [4.69, 9.17) is 0 Å². The van der Waals surface area contributed by atoms with Crippen LogP contribution in [0.1, 0.15) is 27.7 Å². The van der Waals surface area contributed by atoms with Crippen LogP contribution < -0.4 is 15.5 Å². The van der Waals surface area contributed by atoms with Crippen LogP contribution in [0.4, 0.5) is 5.69 Å². The number of rotatable bonds is 10. The minimum atomic E-state index is -3.52. The molecular weight excluding hydrogens is 368 g/mol. The quantitative estimate of drug-likeness (QED) is 0.503. The van der Waals surface area contributed by atoms with Crippen molar-refractivity contribution in [3.05, 3.63) is 24.3 Å². The summed E-state index contributed by atoms with van der Waals surface area (Å²) in [7, 11) is -1.75. The maximum Gasteiger partial charge on any atom is 0.279 e. The molecule has 0 bridgehead atoms. The van der Waals surface area contributed by atoms with Gasteiger partial charge in [-0.05, 0) is 38.1 Å². The first kappa shape index (κ1) is 23.1. The number of benzene rings is 1. The van der Waals surface area contributed by atoms with Crippen molar-refractivity contribution in [2.45, 2.75) is 38.6 Å². The van der Waals surface area contributed by atoms with Crippen molar-refractivity contribution >= 4 is 27.5 Å². The molecule has 0 aliphatic heterocycles. The van der Waals surface area contributed by atoms with Crippen LogP contribution >= 0.6 is 0 Å². The maximum atomic E-state index is 12.4. The molecule has 3 N–H and O–H groups in total. The Bertz CT molecular complexity index is 728. The van der Waals surface area contributed by atoms with E-state index < -0.39 is 10.0 Å². The highest BCUT2D eigenvalue weighted by Gasteiger charge is 2.21. The SMILES string of the molecule is CCN(CC)S(=O)(=O)c1ccc(NC(=O)C[NH+](C)CC(=O)NC(C)C)cc1. The van der Waals surface area contributed by atoms with E-state index in [1.807, 2.05) is 13.8 Å². The molecule has 8 nitrogen and oxygen atoms in total. The molecule has 0 aliphatic carbocycles. The highest BCUT2D eigenvalue weighted by molar-refractivity contribution is 7.89. The van der Waals surface area contributed by atoms with Gasteiger partial charge < -0.3 is 15.5 Å². The second kappa shape index (κ2) is 10.4. The first-order valence-corrected chi connectivity index (χ1v) is 10.5. The summed E-state index contributed by atoms with van der Waals surface area (Å²) in [6.07, 6.45) is 0. The third-order valence-corrected chi connectivity index (χ3v) is 5.92. The Labute approximate surface area is 162 Å². The molecule has 0 heterocycles. The topological polar surface area (TPSA) is 100 Å². The van der Waals surface area contributed by atoms with Crippen LogP contribution in [-0.2, 0) is 19.6 Å². The number of quaternary nitrogens is 1. The van der Waals surface area contributed by atoms with Gasteiger partial charge in [-0.2, -0.15) is 4.31 Å². The van der Waals surface area contributed by atoms with E-state index in [1.54, 1.807) is 33.0 Å². The van der Waals surface area contributed by atoms with Crippen LogP contribution in [0.25, 0.3) is 0 Å². The van der Waals surface area contributed by atoms with Gasteiger partial charge >= 0.3 is 0 Å². The lowest BCUT2D eigenvalue weighted by Gasteiger charge is -2.18. The summed E-state index contributed by atoms with van der Waals surface area (Å²) in [5, 5.41) is 5.51. The Morgan fingerprint density at radius 1 is 1.04 bits per heavy atom. The summed E-state index contributed by atoms with van der Waals surface area (Å²) in [6.45, 7) is 8.46. The molecule has 0 saturated heterocycles. The fourth-order valence-corrected chi connectivity index (χ4v) is 4.07. The van der Waals surface area contributed by atoms with Gasteiger partial charge in [0.1, 0.15) is 0 Å². The Hall–Kier alpha value is -1.97. The van der Waals surface area contributed by atoms with Crippen molar-refractivity contribution in [1.82, 2.24) is 9.62 Å². The molecule has 1 aromatic rings. The van der Waals surface area contributed by atoms with E-state index in [1.165, 1.54) is 16.4 Å². The minimum absolute atomic E-state index is 0.0604. The summed E-state index contributed by atoms with van der Waals surface area (Å²) in [6, 6.07) is 6.15. The number of carbonyl (C=O) groups excluding carboxylic acids is 2. The summed E-state index contributed by atoms with van der Waals surface area (Å²) >= 11 is 0. The van der Waals surface area contributed by atoms with E-state index in [0.717, 1.165) is 4.90 Å². The van der Waals surface area contributed by atoms with Gasteiger partial charge in [0, 0.05) is 24.8 Å². The summed E-state index contributed by atoms with van der Waals surface area (Å²) in [4.78, 5) is 24.8. The molecular formula is C18H31N4O4S+. The number of nitrogens with one attached hydrogen (secondary N) is 3. The normalized spacial score (nSPS) is 12.9. The van der Waals surface area contributed by atoms with Gasteiger partial charge in [-0.25, -0.2) is 8.42 Å². The molecule has 9 heteroatoms. The number of carbonyl (C=O) groups is 2. The Kier molecular flexibility index (Phi) is 8.87. The number of hydrogen-bond donors (Lipinski definition) is 3. The molecule has 1 rings (SSSR count). The predicted octanol–water partition coefficient (Wildman–Crippen LogP) is -0.305. The Balaban J connectivity index is 2.65. The zero-order chi connectivity index (χ0) is 20.6. The van der Waals surface area contributed by atoms with Crippen LogP contribution in [-0.4, -0.2) is 63.8 Å². The van der Waals surface area contributed by atoms with Gasteiger partial charge in [0.15, 0.2) is 13.1 Å². The van der Waals surface area contributed by atoms with E-state index in [-0.39, 0.29) is 35.8 Å². The molecule has 0 saturated carbocycles. The van der Waals surface area contributed by atoms with Gasteiger partial charge in [0.25, 0.3) is 11.8 Å². The third-order valence-electron chi connectivity index (χ3n) is 3.86. The second-order valence-electron chi connectivity index (χ2n) is 6.69. The minimum Gasteiger partial charge on any atom is -0.349 e. The predicted molar refractivity (Wildman–Crippen MR) is 105 cm³/mol. The van der Waals surface area contributed by atoms with E-state index in [2.05, 4.69) is 10.6 Å². The number of amides is 2. The van der Waals surface area contributed by atoms with E-state index in [0.29, 0.717) is 18.8 Å². The Morgan fingerprint density at radius 2 is 1.56 bits per heavy atom. The summed E-state index contributed by atoms with van der Waals surface area (Å²) < 4.78 is 26.3. The molecule has 0 fully saturated rings. The number of likely N-dealkylation sites (N-methyl/N-ethyl adjacent to an activating group) is 1. The molecule has 0 spiro atoms. The summed E-state index contributed by atoms with van der Waals surface area (Å²) in [5.41, 5.74) is 0.512. The van der Waals surface area contributed by atoms with Gasteiger partial charge in [0.2, 0.25) is 10.0 Å². The maximum absolute atomic E-state index is 12.4.